The third kappa shape index (κ3) is 3.96. The molecule has 1 saturated heterocycles. The van der Waals surface area contributed by atoms with E-state index in [1.807, 2.05) is 17.9 Å². The quantitative estimate of drug-likeness (QED) is 0.798. The van der Waals surface area contributed by atoms with Crippen LogP contribution in [0.3, 0.4) is 0 Å². The Bertz CT molecular complexity index is 879. The van der Waals surface area contributed by atoms with Crippen LogP contribution in [0, 0.1) is 0 Å². The van der Waals surface area contributed by atoms with E-state index in [4.69, 9.17) is 0 Å². The van der Waals surface area contributed by atoms with Gasteiger partial charge in [-0.3, -0.25) is 19.3 Å². The molecule has 0 N–H and O–H groups in total. The van der Waals surface area contributed by atoms with Crippen LogP contribution in [0.2, 0.25) is 0 Å². The van der Waals surface area contributed by atoms with Gasteiger partial charge in [-0.25, -0.2) is 0 Å². The summed E-state index contributed by atoms with van der Waals surface area (Å²) in [6.07, 6.45) is 9.06. The molecule has 1 saturated carbocycles. The van der Waals surface area contributed by atoms with Crippen LogP contribution < -0.4 is 0 Å². The van der Waals surface area contributed by atoms with Crippen molar-refractivity contribution in [1.82, 2.24) is 24.5 Å². The lowest BCUT2D eigenvalue weighted by atomic mass is 9.91. The van der Waals surface area contributed by atoms with E-state index in [1.165, 1.54) is 36.0 Å². The molecule has 0 radical (unpaired) electrons. The van der Waals surface area contributed by atoms with Gasteiger partial charge in [0.25, 0.3) is 0 Å². The van der Waals surface area contributed by atoms with Crippen LogP contribution in [0.15, 0.2) is 30.6 Å². The lowest BCUT2D eigenvalue weighted by Crippen LogP contribution is -2.55. The Morgan fingerprint density at radius 1 is 1.07 bits per heavy atom. The maximum absolute atomic E-state index is 12.8. The molecule has 1 aliphatic carbocycles. The third-order valence-corrected chi connectivity index (χ3v) is 6.95. The number of benzene rings is 1. The van der Waals surface area contributed by atoms with Crippen molar-refractivity contribution in [1.29, 1.82) is 0 Å². The Kier molecular flexibility index (Phi) is 5.14. The van der Waals surface area contributed by atoms with Gasteiger partial charge in [0, 0.05) is 64.1 Å². The Labute approximate surface area is 173 Å². The van der Waals surface area contributed by atoms with E-state index in [1.54, 1.807) is 0 Å². The lowest BCUT2D eigenvalue weighted by Gasteiger charge is -2.43. The molecular weight excluding hydrogens is 362 g/mol. The monoisotopic (exact) mass is 393 g/mol. The highest BCUT2D eigenvalue weighted by molar-refractivity contribution is 5.78. The first-order chi connectivity index (χ1) is 14.2. The molecule has 0 bridgehead atoms. The minimum absolute atomic E-state index is 0.300. The average Bonchev–Trinajstić information content (AvgIpc) is 3.13. The van der Waals surface area contributed by atoms with Crippen molar-refractivity contribution in [3.8, 4) is 11.1 Å². The van der Waals surface area contributed by atoms with E-state index in [0.29, 0.717) is 12.5 Å². The van der Waals surface area contributed by atoms with Crippen LogP contribution in [0.1, 0.15) is 30.4 Å². The van der Waals surface area contributed by atoms with Crippen molar-refractivity contribution in [2.75, 3.05) is 39.3 Å². The van der Waals surface area contributed by atoms with Gasteiger partial charge >= 0.3 is 0 Å². The van der Waals surface area contributed by atoms with Crippen molar-refractivity contribution >= 4 is 5.91 Å². The Balaban J connectivity index is 1.16. The van der Waals surface area contributed by atoms with Gasteiger partial charge < -0.3 is 4.90 Å². The summed E-state index contributed by atoms with van der Waals surface area (Å²) in [6.45, 7) is 6.27. The second-order valence-electron chi connectivity index (χ2n) is 8.85. The number of aromatic nitrogens is 2. The smallest absolute Gasteiger partial charge is 0.236 e. The van der Waals surface area contributed by atoms with Gasteiger partial charge in [-0.15, -0.1) is 0 Å². The molecule has 0 spiro atoms. The largest absolute Gasteiger partial charge is 0.339 e. The molecule has 1 aromatic heterocycles. The number of piperazine rings is 1. The fourth-order valence-corrected chi connectivity index (χ4v) is 4.88. The van der Waals surface area contributed by atoms with Crippen LogP contribution in [0.25, 0.3) is 11.1 Å². The molecule has 3 aliphatic rings. The number of hydrogen-bond donors (Lipinski definition) is 0. The van der Waals surface area contributed by atoms with Gasteiger partial charge in [-0.05, 0) is 36.0 Å². The predicted octanol–water partition coefficient (Wildman–Crippen LogP) is 2.14. The maximum atomic E-state index is 12.8. The van der Waals surface area contributed by atoms with Gasteiger partial charge in [0.2, 0.25) is 5.91 Å². The summed E-state index contributed by atoms with van der Waals surface area (Å²) in [7, 11) is 1.95. The van der Waals surface area contributed by atoms with Crippen LogP contribution >= 0.6 is 0 Å². The van der Waals surface area contributed by atoms with Crippen molar-refractivity contribution in [3.05, 3.63) is 41.7 Å². The number of carbonyl (C=O) groups is 1. The van der Waals surface area contributed by atoms with Crippen molar-refractivity contribution in [3.63, 3.8) is 0 Å². The van der Waals surface area contributed by atoms with E-state index in [-0.39, 0.29) is 0 Å². The highest BCUT2D eigenvalue weighted by atomic mass is 16.2. The average molecular weight is 394 g/mol. The minimum Gasteiger partial charge on any atom is -0.339 e. The molecule has 0 unspecified atom stereocenters. The number of fused-ring (bicyclic) bond motifs is 1. The molecule has 6 heteroatoms. The summed E-state index contributed by atoms with van der Waals surface area (Å²) in [5, 5.41) is 4.28. The molecule has 154 valence electrons. The number of nitrogens with zero attached hydrogens (tertiary/aromatic N) is 5. The van der Waals surface area contributed by atoms with E-state index in [2.05, 4.69) is 44.2 Å². The first-order valence-corrected chi connectivity index (χ1v) is 11.0. The van der Waals surface area contributed by atoms with Crippen LogP contribution in [-0.4, -0.2) is 75.7 Å². The number of carbonyl (C=O) groups excluding carboxylic acids is 1. The highest BCUT2D eigenvalue weighted by Crippen LogP contribution is 2.27. The summed E-state index contributed by atoms with van der Waals surface area (Å²) in [6, 6.07) is 7.50. The summed E-state index contributed by atoms with van der Waals surface area (Å²) in [5.74, 6) is 0.300. The van der Waals surface area contributed by atoms with Crippen molar-refractivity contribution in [2.45, 2.75) is 38.3 Å². The number of amides is 1. The van der Waals surface area contributed by atoms with Crippen LogP contribution in [0.5, 0.6) is 0 Å². The van der Waals surface area contributed by atoms with Gasteiger partial charge in [0.1, 0.15) is 0 Å². The molecule has 29 heavy (non-hydrogen) atoms. The van der Waals surface area contributed by atoms with E-state index in [0.717, 1.165) is 57.3 Å². The third-order valence-electron chi connectivity index (χ3n) is 6.95. The summed E-state index contributed by atoms with van der Waals surface area (Å²) >= 11 is 0. The summed E-state index contributed by atoms with van der Waals surface area (Å²) < 4.78 is 1.84. The zero-order valence-corrected chi connectivity index (χ0v) is 17.4. The fourth-order valence-electron chi connectivity index (χ4n) is 4.88. The van der Waals surface area contributed by atoms with E-state index in [9.17, 15) is 4.79 Å². The normalized spacial score (nSPS) is 21.1. The zero-order valence-electron chi connectivity index (χ0n) is 17.4. The molecule has 2 aliphatic heterocycles. The predicted molar refractivity (Wildman–Crippen MR) is 113 cm³/mol. The Hall–Kier alpha value is -2.18. The molecule has 0 atom stereocenters. The van der Waals surface area contributed by atoms with Crippen LogP contribution in [-0.2, 0) is 24.8 Å². The van der Waals surface area contributed by atoms with Gasteiger partial charge in [-0.2, -0.15) is 5.10 Å². The molecule has 1 amide bonds. The molecule has 1 aromatic carbocycles. The Morgan fingerprint density at radius 3 is 2.59 bits per heavy atom. The zero-order chi connectivity index (χ0) is 19.8. The Morgan fingerprint density at radius 2 is 1.90 bits per heavy atom. The first-order valence-electron chi connectivity index (χ1n) is 11.0. The second kappa shape index (κ2) is 7.92. The van der Waals surface area contributed by atoms with Gasteiger partial charge in [0.15, 0.2) is 0 Å². The lowest BCUT2D eigenvalue weighted by molar-refractivity contribution is -0.135. The second-order valence-corrected chi connectivity index (χ2v) is 8.85. The number of aryl methyl sites for hydroxylation is 1. The van der Waals surface area contributed by atoms with Crippen molar-refractivity contribution < 1.29 is 4.79 Å². The number of rotatable bonds is 4. The molecule has 5 rings (SSSR count). The first kappa shape index (κ1) is 18.8. The summed E-state index contributed by atoms with van der Waals surface area (Å²) in [4.78, 5) is 19.8. The van der Waals surface area contributed by atoms with Gasteiger partial charge in [0.05, 0.1) is 12.7 Å². The molecule has 3 heterocycles. The molecule has 6 nitrogen and oxygen atoms in total. The summed E-state index contributed by atoms with van der Waals surface area (Å²) in [5.41, 5.74) is 5.15. The topological polar surface area (TPSA) is 44.6 Å². The minimum atomic E-state index is 0.300. The fraction of sp³-hybridized carbons (Fsp3) is 0.565. The highest BCUT2D eigenvalue weighted by Gasteiger charge is 2.30. The SMILES string of the molecule is Cn1cc(-c2ccc3c(c2)CCN(CC(=O)N2CCN(C4CCC4)CC2)C3)cn1. The maximum Gasteiger partial charge on any atom is 0.236 e. The standard InChI is InChI=1S/C23H31N5O/c1-25-15-21(14-24-25)18-5-6-20-16-26(8-7-19(20)13-18)17-23(29)28-11-9-27(10-12-28)22-3-2-4-22/h5-6,13-15,22H,2-4,7-12,16-17H2,1H3. The number of hydrogen-bond acceptors (Lipinski definition) is 4. The molecule has 2 fully saturated rings. The van der Waals surface area contributed by atoms with E-state index < -0.39 is 0 Å². The molecule has 2 aromatic rings. The van der Waals surface area contributed by atoms with Crippen molar-refractivity contribution in [2.24, 2.45) is 7.05 Å². The van der Waals surface area contributed by atoms with E-state index >= 15 is 0 Å². The van der Waals surface area contributed by atoms with Crippen LogP contribution in [0.4, 0.5) is 0 Å². The molecular formula is C23H31N5O. The van der Waals surface area contributed by atoms with Gasteiger partial charge in [-0.1, -0.05) is 24.6 Å².